The molecule has 0 radical (unpaired) electrons. The predicted molar refractivity (Wildman–Crippen MR) is 140 cm³/mol. The van der Waals surface area contributed by atoms with Gasteiger partial charge in [-0.2, -0.15) is 18.3 Å². The van der Waals surface area contributed by atoms with Gasteiger partial charge in [-0.25, -0.2) is 0 Å². The molecule has 1 aromatic heterocycles. The van der Waals surface area contributed by atoms with E-state index in [1.807, 2.05) is 0 Å². The normalized spacial score (nSPS) is 12.7. The summed E-state index contributed by atoms with van der Waals surface area (Å²) in [6, 6.07) is 9.82. The molecule has 15 heteroatoms. The number of rotatable bonds is 8. The van der Waals surface area contributed by atoms with Crippen LogP contribution in [0.2, 0.25) is 5.02 Å². The van der Waals surface area contributed by atoms with Gasteiger partial charge in [0, 0.05) is 24.5 Å². The first-order chi connectivity index (χ1) is 19.7. The lowest BCUT2D eigenvalue weighted by molar-refractivity contribution is -0.274. The van der Waals surface area contributed by atoms with Crippen LogP contribution in [-0.2, 0) is 12.6 Å². The van der Waals surface area contributed by atoms with Crippen LogP contribution >= 0.6 is 11.6 Å². The number of carbonyl (C=O) groups excluding carboxylic acids is 2. The number of fused-ring (bicyclic) bond motifs is 1. The second-order valence-corrected chi connectivity index (χ2v) is 9.40. The number of aliphatic hydroxyl groups excluding tert-OH is 1. The molecule has 1 unspecified atom stereocenters. The van der Waals surface area contributed by atoms with Crippen LogP contribution in [0.1, 0.15) is 32.0 Å². The number of carbonyl (C=O) groups is 2. The monoisotopic (exact) mass is 614 g/mol. The number of aromatic amines is 1. The van der Waals surface area contributed by atoms with E-state index in [0.29, 0.717) is 5.56 Å². The first-order valence-corrected chi connectivity index (χ1v) is 12.5. The van der Waals surface area contributed by atoms with E-state index >= 15 is 0 Å². The van der Waals surface area contributed by atoms with E-state index in [1.54, 1.807) is 0 Å². The zero-order valence-electron chi connectivity index (χ0n) is 21.5. The number of ether oxygens (including phenoxy) is 1. The van der Waals surface area contributed by atoms with E-state index in [1.165, 1.54) is 43.4 Å². The van der Waals surface area contributed by atoms with Crippen LogP contribution in [0.5, 0.6) is 5.75 Å². The Labute approximate surface area is 238 Å². The van der Waals surface area contributed by atoms with Gasteiger partial charge in [0.15, 0.2) is 0 Å². The van der Waals surface area contributed by atoms with Crippen LogP contribution in [0.15, 0.2) is 54.6 Å². The van der Waals surface area contributed by atoms with E-state index in [2.05, 4.69) is 25.6 Å². The molecule has 4 N–H and O–H groups in total. The Kier molecular flexibility index (Phi) is 8.68. The summed E-state index contributed by atoms with van der Waals surface area (Å²) in [7, 11) is 1.41. The minimum atomic E-state index is -5.14. The maximum atomic E-state index is 13.4. The van der Waals surface area contributed by atoms with Crippen molar-refractivity contribution in [2.24, 2.45) is 0 Å². The van der Waals surface area contributed by atoms with Crippen molar-refractivity contribution in [2.75, 3.05) is 13.7 Å². The zero-order valence-corrected chi connectivity index (χ0v) is 22.2. The van der Waals surface area contributed by atoms with Gasteiger partial charge >= 0.3 is 12.5 Å². The molecule has 4 aromatic rings. The Bertz CT molecular complexity index is 1640. The number of nitrogens with zero attached hydrogens (tertiary/aromatic N) is 1. The molecule has 1 atom stereocenters. The van der Waals surface area contributed by atoms with Crippen LogP contribution < -0.4 is 15.4 Å². The second-order valence-electron chi connectivity index (χ2n) is 8.99. The van der Waals surface area contributed by atoms with Gasteiger partial charge in [-0.05, 0) is 41.5 Å². The molecule has 0 aliphatic carbocycles. The number of alkyl halides is 6. The Balaban J connectivity index is 1.65. The van der Waals surface area contributed by atoms with Crippen molar-refractivity contribution in [3.05, 3.63) is 82.0 Å². The van der Waals surface area contributed by atoms with Crippen LogP contribution in [0.3, 0.4) is 0 Å². The quantitative estimate of drug-likeness (QED) is 0.196. The van der Waals surface area contributed by atoms with Gasteiger partial charge in [-0.3, -0.25) is 14.7 Å². The number of hydrogen-bond donors (Lipinski definition) is 4. The van der Waals surface area contributed by atoms with Gasteiger partial charge in [0.1, 0.15) is 11.3 Å². The highest BCUT2D eigenvalue weighted by molar-refractivity contribution is 6.34. The number of halogens is 7. The van der Waals surface area contributed by atoms with Crippen molar-refractivity contribution in [3.8, 4) is 16.9 Å². The number of aliphatic hydroxyl groups is 1. The first kappa shape index (κ1) is 30.7. The number of H-pyrrole nitrogens is 1. The van der Waals surface area contributed by atoms with Gasteiger partial charge in [0.05, 0.1) is 34.4 Å². The number of aromatic nitrogens is 2. The zero-order chi connectivity index (χ0) is 30.8. The molecule has 0 saturated carbocycles. The number of para-hydroxylation sites is 1. The number of nitrogens with one attached hydrogen (secondary N) is 3. The molecule has 0 aliphatic rings. The summed E-state index contributed by atoms with van der Waals surface area (Å²) in [6.07, 6.45) is -10.0. The molecule has 42 heavy (non-hydrogen) atoms. The lowest BCUT2D eigenvalue weighted by Crippen LogP contribution is -2.39. The van der Waals surface area contributed by atoms with Crippen molar-refractivity contribution >= 4 is 34.3 Å². The predicted octanol–water partition coefficient (Wildman–Crippen LogP) is 5.49. The number of benzene rings is 3. The molecule has 0 saturated heterocycles. The topological polar surface area (TPSA) is 116 Å². The van der Waals surface area contributed by atoms with Crippen molar-refractivity contribution in [1.82, 2.24) is 20.8 Å². The summed E-state index contributed by atoms with van der Waals surface area (Å²) in [4.78, 5) is 25.1. The van der Waals surface area contributed by atoms with Crippen molar-refractivity contribution in [1.29, 1.82) is 0 Å². The third-order valence-corrected chi connectivity index (χ3v) is 6.51. The van der Waals surface area contributed by atoms with E-state index in [4.69, 9.17) is 11.6 Å². The molecular weight excluding hydrogens is 594 g/mol. The first-order valence-electron chi connectivity index (χ1n) is 12.1. The number of hydrogen-bond acceptors (Lipinski definition) is 5. The Morgan fingerprint density at radius 3 is 2.31 bits per heavy atom. The van der Waals surface area contributed by atoms with Gasteiger partial charge in [0.25, 0.3) is 11.8 Å². The third kappa shape index (κ3) is 6.77. The highest BCUT2D eigenvalue weighted by Crippen LogP contribution is 2.35. The smallest absolute Gasteiger partial charge is 0.405 e. The lowest BCUT2D eigenvalue weighted by Gasteiger charge is -2.19. The van der Waals surface area contributed by atoms with Crippen molar-refractivity contribution < 1.29 is 45.8 Å². The largest absolute Gasteiger partial charge is 0.573 e. The summed E-state index contributed by atoms with van der Waals surface area (Å²) >= 11 is 6.19. The van der Waals surface area contributed by atoms with E-state index in [9.17, 15) is 41.0 Å². The van der Waals surface area contributed by atoms with E-state index in [0.717, 1.165) is 18.2 Å². The minimum absolute atomic E-state index is 0.0503. The lowest BCUT2D eigenvalue weighted by atomic mass is 10.00. The van der Waals surface area contributed by atoms with Gasteiger partial charge < -0.3 is 20.5 Å². The van der Waals surface area contributed by atoms with Crippen molar-refractivity contribution in [3.63, 3.8) is 0 Å². The van der Waals surface area contributed by atoms with Gasteiger partial charge in [-0.15, -0.1) is 13.2 Å². The van der Waals surface area contributed by atoms with Crippen LogP contribution in [-0.4, -0.2) is 53.2 Å². The molecule has 0 spiro atoms. The Morgan fingerprint density at radius 2 is 1.69 bits per heavy atom. The summed E-state index contributed by atoms with van der Waals surface area (Å²) in [5.41, 5.74) is -0.982. The second kappa shape index (κ2) is 11.9. The van der Waals surface area contributed by atoms with Crippen LogP contribution in [0, 0.1) is 0 Å². The summed E-state index contributed by atoms with van der Waals surface area (Å²) in [5.74, 6) is -2.37. The average Bonchev–Trinajstić information content (AvgIpc) is 3.33. The molecule has 0 bridgehead atoms. The molecular formula is C27H21ClF6N4O4. The maximum absolute atomic E-state index is 13.4. The molecule has 8 nitrogen and oxygen atoms in total. The van der Waals surface area contributed by atoms with Crippen LogP contribution in [0.4, 0.5) is 26.3 Å². The fraction of sp³-hybridized carbons (Fsp3) is 0.222. The van der Waals surface area contributed by atoms with Crippen LogP contribution in [0.25, 0.3) is 22.0 Å². The van der Waals surface area contributed by atoms with Gasteiger partial charge in [0.2, 0.25) is 0 Å². The molecule has 222 valence electrons. The highest BCUT2D eigenvalue weighted by atomic mass is 35.5. The van der Waals surface area contributed by atoms with E-state index < -0.39 is 53.9 Å². The fourth-order valence-electron chi connectivity index (χ4n) is 4.26. The highest BCUT2D eigenvalue weighted by Gasteiger charge is 2.35. The summed E-state index contributed by atoms with van der Waals surface area (Å²) in [6.45, 7) is -0.711. The molecule has 1 heterocycles. The molecule has 0 fully saturated rings. The minimum Gasteiger partial charge on any atom is -0.405 e. The standard InChI is InChI=1S/C27H21ClF6N4O4/c1-35-24(40)16-7-5-14(10-20(16)28)13-6-8-22(42-27(32,33)34)18(9-13)25(41)36-15(12-39)11-21-17-3-2-4-19(26(29,30)31)23(17)38-37-21/h2-10,15,39H,11-12H2,1H3,(H,35,40)(H,36,41)(H,37,38). The average molecular weight is 615 g/mol. The maximum Gasteiger partial charge on any atom is 0.573 e. The summed E-state index contributed by atoms with van der Waals surface area (Å²) < 4.78 is 83.4. The fourth-order valence-corrected chi connectivity index (χ4v) is 4.53. The molecule has 2 amide bonds. The van der Waals surface area contributed by atoms with Crippen molar-refractivity contribution in [2.45, 2.75) is 25.0 Å². The molecule has 0 aliphatic heterocycles. The van der Waals surface area contributed by atoms with Gasteiger partial charge in [-0.1, -0.05) is 35.9 Å². The Hall–Kier alpha value is -4.30. The molecule has 3 aromatic carbocycles. The number of amides is 2. The van der Waals surface area contributed by atoms with E-state index in [-0.39, 0.29) is 39.2 Å². The Morgan fingerprint density at radius 1 is 1.00 bits per heavy atom. The third-order valence-electron chi connectivity index (χ3n) is 6.20. The summed E-state index contributed by atoms with van der Waals surface area (Å²) in [5, 5.41) is 21.0. The molecule has 4 rings (SSSR count). The SMILES string of the molecule is CNC(=O)c1ccc(-c2ccc(OC(F)(F)F)c(C(=O)NC(CO)Cc3[nH]nc4c(C(F)(F)F)cccc34)c2)cc1Cl.